The van der Waals surface area contributed by atoms with Crippen LogP contribution in [-0.4, -0.2) is 18.0 Å². The Morgan fingerprint density at radius 2 is 1.23 bits per heavy atom. The van der Waals surface area contributed by atoms with Crippen molar-refractivity contribution >= 4 is 0 Å². The molecule has 0 aromatic heterocycles. The molecule has 1 aliphatic rings. The van der Waals surface area contributed by atoms with Gasteiger partial charge in [0, 0.05) is 6.04 Å². The minimum absolute atomic E-state index is 0.266. The fraction of sp³-hybridized carbons (Fsp3) is 0.478. The molecule has 2 aromatic carbocycles. The summed E-state index contributed by atoms with van der Waals surface area (Å²) in [5.41, 5.74) is -0.146. The summed E-state index contributed by atoms with van der Waals surface area (Å²) in [4.78, 5) is 2.43. The molecule has 2 aromatic rings. The maximum absolute atomic E-state index is 12.6. The van der Waals surface area contributed by atoms with E-state index in [2.05, 4.69) is 11.8 Å². The lowest BCUT2D eigenvalue weighted by atomic mass is 9.97. The third kappa shape index (κ3) is 7.35. The van der Waals surface area contributed by atoms with Gasteiger partial charge in [0.1, 0.15) is 0 Å². The fourth-order valence-corrected chi connectivity index (χ4v) is 3.58. The van der Waals surface area contributed by atoms with Crippen LogP contribution in [0.4, 0.5) is 26.3 Å². The molecule has 0 amide bonds. The van der Waals surface area contributed by atoms with Gasteiger partial charge in [0.2, 0.25) is 0 Å². The molecular weight excluding hydrogens is 404 g/mol. The van der Waals surface area contributed by atoms with Gasteiger partial charge in [0.05, 0.1) is 11.1 Å². The van der Waals surface area contributed by atoms with E-state index in [-0.39, 0.29) is 6.04 Å². The van der Waals surface area contributed by atoms with E-state index in [0.29, 0.717) is 0 Å². The molecule has 30 heavy (non-hydrogen) atoms. The predicted octanol–water partition coefficient (Wildman–Crippen LogP) is 7.74. The van der Waals surface area contributed by atoms with Crippen molar-refractivity contribution in [2.45, 2.75) is 57.4 Å². The van der Waals surface area contributed by atoms with E-state index in [1.165, 1.54) is 43.5 Å². The van der Waals surface area contributed by atoms with Gasteiger partial charge in [0.25, 0.3) is 0 Å². The highest BCUT2D eigenvalue weighted by Gasteiger charge is 2.31. The van der Waals surface area contributed by atoms with Crippen LogP contribution in [0.2, 0.25) is 0 Å². The third-order valence-electron chi connectivity index (χ3n) is 5.12. The highest BCUT2D eigenvalue weighted by atomic mass is 19.4. The van der Waals surface area contributed by atoms with Gasteiger partial charge in [0.15, 0.2) is 0 Å². The van der Waals surface area contributed by atoms with Gasteiger partial charge >= 0.3 is 12.4 Å². The number of nitrogens with zero attached hydrogens (tertiary/aromatic N) is 1. The van der Waals surface area contributed by atoms with Crippen molar-refractivity contribution in [1.82, 2.24) is 4.90 Å². The summed E-state index contributed by atoms with van der Waals surface area (Å²) in [6.45, 7) is 4.25. The molecule has 1 atom stereocenters. The Morgan fingerprint density at radius 3 is 1.67 bits per heavy atom. The van der Waals surface area contributed by atoms with Crippen LogP contribution in [0.15, 0.2) is 54.6 Å². The van der Waals surface area contributed by atoms with Crippen molar-refractivity contribution < 1.29 is 26.3 Å². The van der Waals surface area contributed by atoms with Crippen molar-refractivity contribution in [2.75, 3.05) is 13.1 Å². The first-order valence-corrected chi connectivity index (χ1v) is 10.2. The fourth-order valence-electron chi connectivity index (χ4n) is 3.58. The van der Waals surface area contributed by atoms with E-state index in [9.17, 15) is 26.3 Å². The highest BCUT2D eigenvalue weighted by Crippen LogP contribution is 2.33. The van der Waals surface area contributed by atoms with E-state index in [1.807, 2.05) is 0 Å². The van der Waals surface area contributed by atoms with E-state index in [1.54, 1.807) is 18.2 Å². The van der Waals surface area contributed by atoms with Crippen LogP contribution in [0.25, 0.3) is 0 Å². The largest absolute Gasteiger partial charge is 0.416 e. The smallest absolute Gasteiger partial charge is 0.296 e. The lowest BCUT2D eigenvalue weighted by Crippen LogP contribution is -2.33. The van der Waals surface area contributed by atoms with Gasteiger partial charge in [-0.2, -0.15) is 26.3 Å². The Bertz CT molecular complexity index is 731. The van der Waals surface area contributed by atoms with Gasteiger partial charge in [-0.15, -0.1) is 0 Å². The number of hydrogen-bond donors (Lipinski definition) is 0. The van der Waals surface area contributed by atoms with Crippen LogP contribution in [0.5, 0.6) is 0 Å². The van der Waals surface area contributed by atoms with E-state index < -0.39 is 23.5 Å². The van der Waals surface area contributed by atoms with Gasteiger partial charge in [-0.3, -0.25) is 4.90 Å². The van der Waals surface area contributed by atoms with Crippen LogP contribution in [0, 0.1) is 0 Å². The second-order valence-electron chi connectivity index (χ2n) is 7.38. The molecule has 0 radical (unpaired) electrons. The summed E-state index contributed by atoms with van der Waals surface area (Å²) in [6.07, 6.45) is -2.75. The zero-order valence-electron chi connectivity index (χ0n) is 16.9. The zero-order valence-corrected chi connectivity index (χ0v) is 16.9. The van der Waals surface area contributed by atoms with Crippen molar-refractivity contribution in [2.24, 2.45) is 0 Å². The molecule has 3 rings (SSSR count). The Hall–Kier alpha value is -2.02. The first kappa shape index (κ1) is 24.3. The Kier molecular flexibility index (Phi) is 8.77. The Morgan fingerprint density at radius 1 is 0.733 bits per heavy atom. The molecule has 1 aliphatic heterocycles. The molecule has 0 spiro atoms. The maximum Gasteiger partial charge on any atom is 0.416 e. The lowest BCUT2D eigenvalue weighted by Gasteiger charge is -2.35. The van der Waals surface area contributed by atoms with Crippen molar-refractivity contribution in [3.8, 4) is 0 Å². The number of likely N-dealkylation sites (tertiary alicyclic amines) is 1. The van der Waals surface area contributed by atoms with Crippen molar-refractivity contribution in [3.63, 3.8) is 0 Å². The van der Waals surface area contributed by atoms with E-state index in [4.69, 9.17) is 0 Å². The van der Waals surface area contributed by atoms with E-state index >= 15 is 0 Å². The molecule has 0 saturated carbocycles. The van der Waals surface area contributed by atoms with Gasteiger partial charge in [-0.05, 0) is 50.0 Å². The van der Waals surface area contributed by atoms with Crippen LogP contribution in [0.1, 0.15) is 61.8 Å². The summed E-state index contributed by atoms with van der Waals surface area (Å²) in [7, 11) is 0. The molecule has 7 heteroatoms. The number of alkyl halides is 6. The van der Waals surface area contributed by atoms with E-state index in [0.717, 1.165) is 43.6 Å². The Balaban J connectivity index is 0.000000269. The molecule has 0 N–H and O–H groups in total. The summed E-state index contributed by atoms with van der Waals surface area (Å²) in [5, 5.41) is 0. The van der Waals surface area contributed by atoms with Gasteiger partial charge in [-0.25, -0.2) is 0 Å². The number of hydrogen-bond acceptors (Lipinski definition) is 1. The molecule has 0 bridgehead atoms. The molecule has 1 saturated heterocycles. The second kappa shape index (κ2) is 10.8. The predicted molar refractivity (Wildman–Crippen MR) is 106 cm³/mol. The number of piperidine rings is 1. The standard InChI is InChI=1S/C16H22F3N.C7H5F3/c1-2-6-15(20-11-4-3-5-12-20)13-7-9-14(10-8-13)16(17,18)19;8-7(9,10)6-4-2-1-3-5-6/h7-10,15H,2-6,11-12H2,1H3;1-5H. The third-order valence-corrected chi connectivity index (χ3v) is 5.12. The van der Waals surface area contributed by atoms with Crippen LogP contribution in [0.3, 0.4) is 0 Å². The first-order chi connectivity index (χ1) is 14.1. The van der Waals surface area contributed by atoms with Crippen LogP contribution >= 0.6 is 0 Å². The quantitative estimate of drug-likeness (QED) is 0.448. The number of halogens is 6. The van der Waals surface area contributed by atoms with Crippen molar-refractivity contribution in [3.05, 3.63) is 71.3 Å². The molecule has 1 unspecified atom stereocenters. The molecule has 1 fully saturated rings. The topological polar surface area (TPSA) is 3.24 Å². The minimum Gasteiger partial charge on any atom is -0.296 e. The van der Waals surface area contributed by atoms with Crippen LogP contribution in [-0.2, 0) is 12.4 Å². The summed E-state index contributed by atoms with van der Waals surface area (Å²) in [6, 6.07) is 12.3. The summed E-state index contributed by atoms with van der Waals surface area (Å²) in [5.74, 6) is 0. The second-order valence-corrected chi connectivity index (χ2v) is 7.38. The van der Waals surface area contributed by atoms with Crippen molar-refractivity contribution in [1.29, 1.82) is 0 Å². The molecule has 1 nitrogen and oxygen atoms in total. The minimum atomic E-state index is -4.25. The van der Waals surface area contributed by atoms with Gasteiger partial charge in [-0.1, -0.05) is 62.2 Å². The SMILES string of the molecule is CCCC(c1ccc(C(F)(F)F)cc1)N1CCCCC1.FC(F)(F)c1ccccc1. The average molecular weight is 431 g/mol. The summed E-state index contributed by atoms with van der Waals surface area (Å²) < 4.78 is 73.2. The molecular formula is C23H27F6N. The number of rotatable bonds is 4. The lowest BCUT2D eigenvalue weighted by molar-refractivity contribution is -0.138. The van der Waals surface area contributed by atoms with Crippen LogP contribution < -0.4 is 0 Å². The monoisotopic (exact) mass is 431 g/mol. The average Bonchev–Trinajstić information content (AvgIpc) is 2.73. The van der Waals surface area contributed by atoms with Gasteiger partial charge < -0.3 is 0 Å². The Labute approximate surface area is 173 Å². The molecule has 1 heterocycles. The molecule has 166 valence electrons. The molecule has 0 aliphatic carbocycles. The maximum atomic E-state index is 12.6. The summed E-state index contributed by atoms with van der Waals surface area (Å²) >= 11 is 0. The highest BCUT2D eigenvalue weighted by molar-refractivity contribution is 5.27. The number of benzene rings is 2. The normalized spacial score (nSPS) is 16.5. The zero-order chi connectivity index (χ0) is 22.2. The first-order valence-electron chi connectivity index (χ1n) is 10.2.